The lowest BCUT2D eigenvalue weighted by Crippen LogP contribution is -2.30. The Morgan fingerprint density at radius 3 is 2.52 bits per heavy atom. The minimum atomic E-state index is 0.651. The number of nitrogens with one attached hydrogen (secondary N) is 2. The van der Waals surface area contributed by atoms with Gasteiger partial charge in [-0.15, -0.1) is 0 Å². The smallest absolute Gasteiger partial charge is 0.170 e. The highest BCUT2D eigenvalue weighted by Gasteiger charge is 2.01. The summed E-state index contributed by atoms with van der Waals surface area (Å²) in [6.07, 6.45) is 0.909. The van der Waals surface area contributed by atoms with Crippen molar-refractivity contribution in [3.8, 4) is 0 Å². The van der Waals surface area contributed by atoms with Gasteiger partial charge in [-0.05, 0) is 67.4 Å². The summed E-state index contributed by atoms with van der Waals surface area (Å²) in [4.78, 5) is 0. The van der Waals surface area contributed by atoms with Gasteiger partial charge in [-0.2, -0.15) is 0 Å². The molecular formula is C17H19ClN2S. The molecule has 21 heavy (non-hydrogen) atoms. The third-order valence-electron chi connectivity index (χ3n) is 3.25. The average molecular weight is 319 g/mol. The average Bonchev–Trinajstić information content (AvgIpc) is 2.45. The molecule has 110 valence electrons. The van der Waals surface area contributed by atoms with Gasteiger partial charge in [0.05, 0.1) is 0 Å². The van der Waals surface area contributed by atoms with Crippen LogP contribution >= 0.6 is 23.8 Å². The highest BCUT2D eigenvalue weighted by Crippen LogP contribution is 2.16. The van der Waals surface area contributed by atoms with Gasteiger partial charge in [-0.3, -0.25) is 0 Å². The van der Waals surface area contributed by atoms with Crippen LogP contribution in [0.5, 0.6) is 0 Å². The highest BCUT2D eigenvalue weighted by molar-refractivity contribution is 7.80. The summed E-state index contributed by atoms with van der Waals surface area (Å²) >= 11 is 11.2. The summed E-state index contributed by atoms with van der Waals surface area (Å²) in [5, 5.41) is 7.89. The molecular weight excluding hydrogens is 300 g/mol. The molecule has 0 unspecified atom stereocenters. The van der Waals surface area contributed by atoms with Crippen molar-refractivity contribution in [1.29, 1.82) is 0 Å². The maximum Gasteiger partial charge on any atom is 0.170 e. The quantitative estimate of drug-likeness (QED) is 0.812. The lowest BCUT2D eigenvalue weighted by molar-refractivity contribution is 0.873. The molecule has 0 amide bonds. The van der Waals surface area contributed by atoms with Gasteiger partial charge in [0.1, 0.15) is 0 Å². The molecule has 0 radical (unpaired) electrons. The van der Waals surface area contributed by atoms with Gasteiger partial charge >= 0.3 is 0 Å². The molecule has 0 bridgehead atoms. The summed E-state index contributed by atoms with van der Waals surface area (Å²) in [6, 6.07) is 14.2. The monoisotopic (exact) mass is 318 g/mol. The van der Waals surface area contributed by atoms with Crippen molar-refractivity contribution in [2.24, 2.45) is 0 Å². The van der Waals surface area contributed by atoms with Crippen LogP contribution in [0.1, 0.15) is 16.7 Å². The van der Waals surface area contributed by atoms with Crippen LogP contribution in [0.3, 0.4) is 0 Å². The number of hydrogen-bond donors (Lipinski definition) is 2. The fourth-order valence-corrected chi connectivity index (χ4v) is 2.35. The Morgan fingerprint density at radius 1 is 1.10 bits per heavy atom. The first-order chi connectivity index (χ1) is 10.0. The van der Waals surface area contributed by atoms with Crippen molar-refractivity contribution in [1.82, 2.24) is 5.32 Å². The van der Waals surface area contributed by atoms with Crippen LogP contribution < -0.4 is 10.6 Å². The molecule has 2 N–H and O–H groups in total. The lowest BCUT2D eigenvalue weighted by Gasteiger charge is -2.13. The Labute approximate surface area is 136 Å². The molecule has 2 nitrogen and oxygen atoms in total. The zero-order valence-corrected chi connectivity index (χ0v) is 13.8. The molecule has 0 atom stereocenters. The number of benzene rings is 2. The van der Waals surface area contributed by atoms with E-state index in [9.17, 15) is 0 Å². The SMILES string of the molecule is Cc1ccc(C)c(NC(=S)NCCc2ccc(Cl)cc2)c1. The van der Waals surface area contributed by atoms with Crippen molar-refractivity contribution in [3.05, 3.63) is 64.2 Å². The number of aryl methyl sites for hydroxylation is 2. The zero-order valence-electron chi connectivity index (χ0n) is 12.2. The van der Waals surface area contributed by atoms with E-state index in [-0.39, 0.29) is 0 Å². The fraction of sp³-hybridized carbons (Fsp3) is 0.235. The molecule has 0 spiro atoms. The number of hydrogen-bond acceptors (Lipinski definition) is 1. The molecule has 0 saturated heterocycles. The second kappa shape index (κ2) is 7.43. The number of halogens is 1. The first kappa shape index (κ1) is 15.8. The standard InChI is InChI=1S/C17H19ClN2S/c1-12-3-4-13(2)16(11-12)20-17(21)19-10-9-14-5-7-15(18)8-6-14/h3-8,11H,9-10H2,1-2H3,(H2,19,20,21). The summed E-state index contributed by atoms with van der Waals surface area (Å²) in [5.74, 6) is 0. The van der Waals surface area contributed by atoms with Crippen molar-refractivity contribution in [2.45, 2.75) is 20.3 Å². The van der Waals surface area contributed by atoms with Gasteiger partial charge in [0, 0.05) is 17.3 Å². The molecule has 0 aliphatic heterocycles. The van der Waals surface area contributed by atoms with E-state index in [0.29, 0.717) is 5.11 Å². The summed E-state index contributed by atoms with van der Waals surface area (Å²) in [7, 11) is 0. The first-order valence-electron chi connectivity index (χ1n) is 6.91. The lowest BCUT2D eigenvalue weighted by atomic mass is 10.1. The van der Waals surface area contributed by atoms with Crippen LogP contribution in [0.25, 0.3) is 0 Å². The van der Waals surface area contributed by atoms with E-state index in [0.717, 1.165) is 23.7 Å². The Kier molecular flexibility index (Phi) is 5.59. The fourth-order valence-electron chi connectivity index (χ4n) is 2.01. The van der Waals surface area contributed by atoms with E-state index < -0.39 is 0 Å². The van der Waals surface area contributed by atoms with Gasteiger partial charge in [-0.1, -0.05) is 35.9 Å². The Morgan fingerprint density at radius 2 is 1.81 bits per heavy atom. The number of anilines is 1. The predicted octanol–water partition coefficient (Wildman–Crippen LogP) is 4.49. The van der Waals surface area contributed by atoms with Gasteiger partial charge in [0.2, 0.25) is 0 Å². The minimum absolute atomic E-state index is 0.651. The van der Waals surface area contributed by atoms with Crippen molar-refractivity contribution < 1.29 is 0 Å². The van der Waals surface area contributed by atoms with E-state index in [4.69, 9.17) is 23.8 Å². The predicted molar refractivity (Wildman–Crippen MR) is 95.3 cm³/mol. The summed E-state index contributed by atoms with van der Waals surface area (Å²) in [6.45, 7) is 4.93. The summed E-state index contributed by atoms with van der Waals surface area (Å²) in [5.41, 5.74) is 4.69. The molecule has 0 aliphatic rings. The van der Waals surface area contributed by atoms with E-state index >= 15 is 0 Å². The van der Waals surface area contributed by atoms with Gasteiger partial charge < -0.3 is 10.6 Å². The normalized spacial score (nSPS) is 10.2. The molecule has 2 rings (SSSR count). The molecule has 2 aromatic carbocycles. The number of thiocarbonyl (C=S) groups is 1. The van der Waals surface area contributed by atoms with Crippen LogP contribution in [-0.2, 0) is 6.42 Å². The first-order valence-corrected chi connectivity index (χ1v) is 7.70. The maximum absolute atomic E-state index is 5.87. The Hall–Kier alpha value is -1.58. The van der Waals surface area contributed by atoms with E-state index in [2.05, 4.69) is 42.7 Å². The van der Waals surface area contributed by atoms with Gasteiger partial charge in [0.15, 0.2) is 5.11 Å². The van der Waals surface area contributed by atoms with Crippen molar-refractivity contribution in [2.75, 3.05) is 11.9 Å². The maximum atomic E-state index is 5.87. The Balaban J connectivity index is 1.82. The van der Waals surface area contributed by atoms with Crippen LogP contribution in [0.15, 0.2) is 42.5 Å². The second-order valence-electron chi connectivity index (χ2n) is 5.08. The van der Waals surface area contributed by atoms with Crippen LogP contribution in [0.4, 0.5) is 5.69 Å². The third kappa shape index (κ3) is 5.03. The molecule has 0 aliphatic carbocycles. The van der Waals surface area contributed by atoms with E-state index in [1.165, 1.54) is 16.7 Å². The summed E-state index contributed by atoms with van der Waals surface area (Å²) < 4.78 is 0. The van der Waals surface area contributed by atoms with Gasteiger partial charge in [0.25, 0.3) is 0 Å². The largest absolute Gasteiger partial charge is 0.362 e. The van der Waals surface area contributed by atoms with E-state index in [1.54, 1.807) is 0 Å². The molecule has 4 heteroatoms. The molecule has 2 aromatic rings. The molecule has 0 fully saturated rings. The number of rotatable bonds is 4. The topological polar surface area (TPSA) is 24.1 Å². The molecule has 0 heterocycles. The Bertz CT molecular complexity index is 623. The van der Waals surface area contributed by atoms with Crippen molar-refractivity contribution in [3.63, 3.8) is 0 Å². The minimum Gasteiger partial charge on any atom is -0.362 e. The highest BCUT2D eigenvalue weighted by atomic mass is 35.5. The van der Waals surface area contributed by atoms with Crippen LogP contribution in [0, 0.1) is 13.8 Å². The second-order valence-corrected chi connectivity index (χ2v) is 5.92. The zero-order chi connectivity index (χ0) is 15.2. The molecule has 0 aromatic heterocycles. The molecule has 0 saturated carbocycles. The van der Waals surface area contributed by atoms with Crippen LogP contribution in [-0.4, -0.2) is 11.7 Å². The van der Waals surface area contributed by atoms with Gasteiger partial charge in [-0.25, -0.2) is 0 Å². The third-order valence-corrected chi connectivity index (χ3v) is 3.75. The van der Waals surface area contributed by atoms with Crippen molar-refractivity contribution >= 4 is 34.6 Å². The van der Waals surface area contributed by atoms with E-state index in [1.807, 2.05) is 24.3 Å². The van der Waals surface area contributed by atoms with Crippen LogP contribution in [0.2, 0.25) is 5.02 Å².